The SMILES string of the molecule is C=C(C)C(=O)Cc1ccc(-c2nnc(-c3ccc(-c4ccc5c(c4)C4(c6cc(-c7nnc(-c8ccc(-c9nnc(-c%10ccc%11c(c%10)C%10(c%12cc(C)ccc%12-%11)C%11(CCC)CCCC%10(CCC)CCC%11)n9-c9ccccc9)cc8)n7-c7ccccc7)ccc6-5)C5(CCC)CCCC4(CCC)CCC5)cc3)n2-c2ccccc2)cc1. The first kappa shape index (κ1) is 71.4. The van der Waals surface area contributed by atoms with Gasteiger partial charge in [-0.1, -0.05) is 273 Å². The minimum absolute atomic E-state index is 0.0384. The number of fused-ring (bicyclic) bond motifs is 6. The summed E-state index contributed by atoms with van der Waals surface area (Å²) in [6.07, 6.45) is 24.9. The number of aryl methyl sites for hydroxylation is 1. The zero-order valence-corrected chi connectivity index (χ0v) is 66.0. The Morgan fingerprint density at radius 1 is 0.330 bits per heavy atom. The van der Waals surface area contributed by atoms with E-state index in [0.29, 0.717) is 12.0 Å². The van der Waals surface area contributed by atoms with Crippen LogP contribution in [-0.2, 0) is 22.0 Å². The van der Waals surface area contributed by atoms with Crippen LogP contribution in [0.2, 0.25) is 0 Å². The maximum atomic E-state index is 12.6. The van der Waals surface area contributed by atoms with Crippen molar-refractivity contribution < 1.29 is 4.79 Å². The monoisotopic (exact) mass is 1470 g/mol. The largest absolute Gasteiger partial charge is 0.294 e. The Balaban J connectivity index is 0.699. The van der Waals surface area contributed by atoms with E-state index in [1.165, 1.54) is 171 Å². The van der Waals surface area contributed by atoms with Gasteiger partial charge in [-0.05, 0) is 234 Å². The molecule has 0 amide bonds. The number of benzene rings is 10. The summed E-state index contributed by atoms with van der Waals surface area (Å²) in [5.74, 6) is 4.80. The smallest absolute Gasteiger partial charge is 0.168 e. The van der Waals surface area contributed by atoms with E-state index in [1.807, 2.05) is 30.3 Å². The number of aromatic nitrogens is 9. The van der Waals surface area contributed by atoms with Crippen LogP contribution >= 0.6 is 0 Å². The predicted molar refractivity (Wildman–Crippen MR) is 455 cm³/mol. The molecule has 13 aromatic rings. The first-order valence-corrected chi connectivity index (χ1v) is 41.9. The summed E-state index contributed by atoms with van der Waals surface area (Å²) >= 11 is 0. The fourth-order valence-corrected chi connectivity index (χ4v) is 24.5. The molecule has 0 atom stereocenters. The van der Waals surface area contributed by atoms with Crippen molar-refractivity contribution in [3.8, 4) is 119 Å². The Morgan fingerprint density at radius 2 is 0.598 bits per heavy atom. The third-order valence-corrected chi connectivity index (χ3v) is 28.2. The lowest BCUT2D eigenvalue weighted by Gasteiger charge is -2.67. The van der Waals surface area contributed by atoms with Gasteiger partial charge in [-0.2, -0.15) is 0 Å². The first-order chi connectivity index (χ1) is 54.8. The minimum atomic E-state index is -0.242. The van der Waals surface area contributed by atoms with E-state index in [1.54, 1.807) is 12.5 Å². The number of para-hydroxylation sites is 3. The minimum Gasteiger partial charge on any atom is -0.294 e. The molecule has 0 radical (unpaired) electrons. The Kier molecular flexibility index (Phi) is 17.9. The number of ketones is 1. The number of nitrogens with zero attached hydrogens (tertiary/aromatic N) is 9. The fourth-order valence-electron chi connectivity index (χ4n) is 24.5. The second-order valence-corrected chi connectivity index (χ2v) is 34.2. The fraction of sp³-hybridized carbons (Fsp3) is 0.324. The first-order valence-electron chi connectivity index (χ1n) is 41.9. The summed E-state index contributed by atoms with van der Waals surface area (Å²) in [6, 6.07) is 87.5. The van der Waals surface area contributed by atoms with E-state index >= 15 is 0 Å². The van der Waals surface area contributed by atoms with Crippen molar-refractivity contribution in [2.24, 2.45) is 21.7 Å². The van der Waals surface area contributed by atoms with Crippen molar-refractivity contribution in [1.29, 1.82) is 0 Å². The molecule has 0 N–H and O–H groups in total. The lowest BCUT2D eigenvalue weighted by Crippen LogP contribution is -2.62. The van der Waals surface area contributed by atoms with Gasteiger partial charge in [-0.15, -0.1) is 30.6 Å². The number of hydrogen-bond donors (Lipinski definition) is 0. The Morgan fingerprint density at radius 3 is 0.920 bits per heavy atom. The molecule has 2 spiro atoms. The molecule has 560 valence electrons. The maximum absolute atomic E-state index is 12.6. The quantitative estimate of drug-likeness (QED) is 0.0659. The highest BCUT2D eigenvalue weighted by molar-refractivity contribution is 5.96. The highest BCUT2D eigenvalue weighted by Crippen LogP contribution is 2.79. The van der Waals surface area contributed by atoms with Crippen molar-refractivity contribution in [1.82, 2.24) is 44.3 Å². The predicted octanol–water partition coefficient (Wildman–Crippen LogP) is 25.5. The number of carbonyl (C=O) groups is 1. The van der Waals surface area contributed by atoms with Crippen LogP contribution < -0.4 is 0 Å². The Labute approximate surface area is 660 Å². The van der Waals surface area contributed by atoms with Crippen LogP contribution in [0.1, 0.15) is 196 Å². The molecular formula is C102H101N9O. The molecule has 10 nitrogen and oxygen atoms in total. The molecule has 0 saturated heterocycles. The van der Waals surface area contributed by atoms with Crippen LogP contribution in [0.5, 0.6) is 0 Å². The number of allylic oxidation sites excluding steroid dienone is 1. The van der Waals surface area contributed by atoms with Crippen LogP contribution in [0.4, 0.5) is 0 Å². The summed E-state index contributed by atoms with van der Waals surface area (Å²) in [5, 5.41) is 30.8. The van der Waals surface area contributed by atoms with Gasteiger partial charge >= 0.3 is 0 Å². The molecule has 4 bridgehead atoms. The van der Waals surface area contributed by atoms with Gasteiger partial charge in [0.05, 0.1) is 0 Å². The van der Waals surface area contributed by atoms with E-state index in [-0.39, 0.29) is 38.3 Å². The third kappa shape index (κ3) is 10.7. The van der Waals surface area contributed by atoms with Crippen molar-refractivity contribution in [3.05, 3.63) is 282 Å². The second kappa shape index (κ2) is 28.0. The molecule has 19 rings (SSSR count). The molecule has 4 saturated carbocycles. The van der Waals surface area contributed by atoms with E-state index in [4.69, 9.17) is 30.6 Å². The van der Waals surface area contributed by atoms with Crippen LogP contribution in [0.25, 0.3) is 119 Å². The lowest BCUT2D eigenvalue weighted by molar-refractivity contribution is -0.114. The van der Waals surface area contributed by atoms with Crippen molar-refractivity contribution in [3.63, 3.8) is 0 Å². The normalized spacial score (nSPS) is 22.4. The molecule has 10 aromatic carbocycles. The van der Waals surface area contributed by atoms with Crippen LogP contribution in [0.3, 0.4) is 0 Å². The second-order valence-electron chi connectivity index (χ2n) is 34.2. The van der Waals surface area contributed by atoms with Gasteiger partial charge in [0.25, 0.3) is 0 Å². The molecule has 112 heavy (non-hydrogen) atoms. The summed E-state index contributed by atoms with van der Waals surface area (Å²) in [6.45, 7) is 17.7. The molecule has 6 aliphatic carbocycles. The number of Topliss-reactive ketones (excluding diaryl/α,β-unsaturated/α-hetero) is 1. The molecule has 4 fully saturated rings. The molecule has 10 heteroatoms. The average molecular weight is 1470 g/mol. The summed E-state index contributed by atoms with van der Waals surface area (Å²) in [5.41, 5.74) is 26.2. The van der Waals surface area contributed by atoms with E-state index < -0.39 is 0 Å². The van der Waals surface area contributed by atoms with Crippen LogP contribution in [0.15, 0.2) is 249 Å². The van der Waals surface area contributed by atoms with E-state index in [2.05, 4.69) is 261 Å². The van der Waals surface area contributed by atoms with Gasteiger partial charge in [-0.25, -0.2) is 0 Å². The summed E-state index contributed by atoms with van der Waals surface area (Å²) < 4.78 is 6.75. The number of hydrogen-bond acceptors (Lipinski definition) is 7. The van der Waals surface area contributed by atoms with Gasteiger partial charge < -0.3 is 0 Å². The van der Waals surface area contributed by atoms with Crippen LogP contribution in [-0.4, -0.2) is 50.1 Å². The highest BCUT2D eigenvalue weighted by Gasteiger charge is 2.71. The zero-order chi connectivity index (χ0) is 76.1. The number of rotatable bonds is 21. The molecule has 3 heterocycles. The topological polar surface area (TPSA) is 109 Å². The molecule has 6 aliphatic rings. The van der Waals surface area contributed by atoms with Gasteiger partial charge in [-0.3, -0.25) is 18.5 Å². The maximum Gasteiger partial charge on any atom is 0.168 e. The molecule has 0 aliphatic heterocycles. The van der Waals surface area contributed by atoms with Crippen LogP contribution in [0, 0.1) is 28.6 Å². The number of carbonyl (C=O) groups excluding carboxylic acids is 1. The molecule has 0 unspecified atom stereocenters. The summed E-state index contributed by atoms with van der Waals surface area (Å²) in [7, 11) is 0. The Bertz CT molecular complexity index is 5670. The van der Waals surface area contributed by atoms with Crippen molar-refractivity contribution in [2.45, 2.75) is 187 Å². The third-order valence-electron chi connectivity index (χ3n) is 28.2. The van der Waals surface area contributed by atoms with Crippen molar-refractivity contribution >= 4 is 5.78 Å². The van der Waals surface area contributed by atoms with Gasteiger partial charge in [0.2, 0.25) is 0 Å². The van der Waals surface area contributed by atoms with E-state index in [9.17, 15) is 4.79 Å². The summed E-state index contributed by atoms with van der Waals surface area (Å²) in [4.78, 5) is 12.6. The zero-order valence-electron chi connectivity index (χ0n) is 66.0. The van der Waals surface area contributed by atoms with E-state index in [0.717, 1.165) is 104 Å². The Hall–Kier alpha value is -11.0. The van der Waals surface area contributed by atoms with Crippen molar-refractivity contribution in [2.75, 3.05) is 0 Å². The molecule has 3 aromatic heterocycles. The average Bonchev–Trinajstić information content (AvgIpc) is 1.45. The lowest BCUT2D eigenvalue weighted by atomic mass is 9.36. The highest BCUT2D eigenvalue weighted by atomic mass is 16.1. The van der Waals surface area contributed by atoms with Gasteiger partial charge in [0.1, 0.15) is 0 Å². The standard InChI is InChI=1S/C102H101N9O/c1-8-51-97-55-21-57-98(52-9-2,58-22-56-97)101(97)86-63-69(7)31-47-82(86)84-49-45-77(66-88(84)101)95-107-105-93(110(95)80-27-17-13-18-28-80)74-40-42-75(43-41-74)94-106-108-96(111(94)81-29-19-14-20-30-81)78-46-50-85-83-48-44-76(65-87(83)102(89(85)67-78)99(53-10-3)59-23-61-100(102,54-11-4)62-24-60-99)71-36-38-73(39-37-71)92-104-103-91(109(92)79-25-15-12-16-26-79)72-34-32-70(33-35-72)64-90(112)68(5)6/h12-20,25-50,63,65-67H,5,8-11,21-24,51-62,64H2,1-4,6-7H3. The molecular weight excluding hydrogens is 1370 g/mol. The van der Waals surface area contributed by atoms with Gasteiger partial charge in [0, 0.05) is 67.7 Å². The van der Waals surface area contributed by atoms with Gasteiger partial charge in [0.15, 0.2) is 40.7 Å².